The SMILES string of the molecule is Cc1coc(C(C)C)c1C(=O)Nc1cc(CC(C)(C)C)on1. The molecule has 0 aliphatic rings. The van der Waals surface area contributed by atoms with Crippen molar-refractivity contribution in [2.24, 2.45) is 5.41 Å². The van der Waals surface area contributed by atoms with E-state index >= 15 is 0 Å². The first kappa shape index (κ1) is 16.3. The van der Waals surface area contributed by atoms with Gasteiger partial charge < -0.3 is 14.3 Å². The second-order valence-corrected chi connectivity index (χ2v) is 7.18. The number of carbonyl (C=O) groups is 1. The normalized spacial score (nSPS) is 12.0. The van der Waals surface area contributed by atoms with E-state index in [0.717, 1.165) is 17.7 Å². The van der Waals surface area contributed by atoms with Crippen molar-refractivity contribution in [1.82, 2.24) is 5.16 Å². The smallest absolute Gasteiger partial charge is 0.260 e. The van der Waals surface area contributed by atoms with E-state index in [4.69, 9.17) is 8.94 Å². The summed E-state index contributed by atoms with van der Waals surface area (Å²) >= 11 is 0. The Morgan fingerprint density at radius 1 is 1.36 bits per heavy atom. The summed E-state index contributed by atoms with van der Waals surface area (Å²) in [6.45, 7) is 12.2. The van der Waals surface area contributed by atoms with E-state index in [2.05, 4.69) is 31.2 Å². The second kappa shape index (κ2) is 5.99. The predicted octanol–water partition coefficient (Wildman–Crippen LogP) is 4.54. The van der Waals surface area contributed by atoms with Crippen molar-refractivity contribution >= 4 is 11.7 Å². The monoisotopic (exact) mass is 304 g/mol. The molecule has 0 aliphatic carbocycles. The molecule has 2 heterocycles. The maximum atomic E-state index is 12.5. The minimum Gasteiger partial charge on any atom is -0.468 e. The van der Waals surface area contributed by atoms with Crippen LogP contribution in [-0.4, -0.2) is 11.1 Å². The zero-order chi connectivity index (χ0) is 16.5. The molecule has 0 saturated heterocycles. The van der Waals surface area contributed by atoms with Crippen LogP contribution in [-0.2, 0) is 6.42 Å². The highest BCUT2D eigenvalue weighted by atomic mass is 16.5. The van der Waals surface area contributed by atoms with E-state index in [1.54, 1.807) is 12.3 Å². The maximum absolute atomic E-state index is 12.5. The Morgan fingerprint density at radius 2 is 2.05 bits per heavy atom. The van der Waals surface area contributed by atoms with Crippen molar-refractivity contribution in [3.8, 4) is 0 Å². The van der Waals surface area contributed by atoms with E-state index in [0.29, 0.717) is 17.1 Å². The van der Waals surface area contributed by atoms with Crippen LogP contribution in [0, 0.1) is 12.3 Å². The fourth-order valence-corrected chi connectivity index (χ4v) is 2.34. The van der Waals surface area contributed by atoms with Gasteiger partial charge in [0.15, 0.2) is 5.82 Å². The molecule has 0 atom stereocenters. The molecule has 5 nitrogen and oxygen atoms in total. The summed E-state index contributed by atoms with van der Waals surface area (Å²) in [4.78, 5) is 12.5. The number of amides is 1. The molecule has 2 aromatic heterocycles. The predicted molar refractivity (Wildman–Crippen MR) is 85.1 cm³/mol. The van der Waals surface area contributed by atoms with Crippen LogP contribution in [0.1, 0.15) is 68.0 Å². The van der Waals surface area contributed by atoms with Crippen molar-refractivity contribution in [3.05, 3.63) is 35.0 Å². The highest BCUT2D eigenvalue weighted by Crippen LogP contribution is 2.26. The van der Waals surface area contributed by atoms with Crippen LogP contribution in [0.25, 0.3) is 0 Å². The summed E-state index contributed by atoms with van der Waals surface area (Å²) in [6.07, 6.45) is 2.37. The lowest BCUT2D eigenvalue weighted by molar-refractivity contribution is 0.102. The Balaban J connectivity index is 2.15. The Bertz CT molecular complexity index is 660. The lowest BCUT2D eigenvalue weighted by Gasteiger charge is -2.14. The molecule has 0 spiro atoms. The van der Waals surface area contributed by atoms with Crippen molar-refractivity contribution in [2.75, 3.05) is 5.32 Å². The molecular formula is C17H24N2O3. The van der Waals surface area contributed by atoms with Gasteiger partial charge >= 0.3 is 0 Å². The van der Waals surface area contributed by atoms with Gasteiger partial charge in [-0.3, -0.25) is 4.79 Å². The zero-order valence-corrected chi connectivity index (χ0v) is 14.1. The van der Waals surface area contributed by atoms with Gasteiger partial charge in [-0.15, -0.1) is 0 Å². The quantitative estimate of drug-likeness (QED) is 0.900. The van der Waals surface area contributed by atoms with Crippen molar-refractivity contribution in [1.29, 1.82) is 0 Å². The molecule has 5 heteroatoms. The van der Waals surface area contributed by atoms with Crippen molar-refractivity contribution in [2.45, 2.75) is 53.9 Å². The highest BCUT2D eigenvalue weighted by molar-refractivity contribution is 6.05. The summed E-state index contributed by atoms with van der Waals surface area (Å²) in [5.41, 5.74) is 1.50. The third kappa shape index (κ3) is 3.78. The van der Waals surface area contributed by atoms with Crippen LogP contribution in [0.15, 0.2) is 21.3 Å². The van der Waals surface area contributed by atoms with Gasteiger partial charge in [0.1, 0.15) is 11.5 Å². The molecule has 0 unspecified atom stereocenters. The number of aryl methyl sites for hydroxylation is 1. The zero-order valence-electron chi connectivity index (χ0n) is 14.1. The Hall–Kier alpha value is -2.04. The fourth-order valence-electron chi connectivity index (χ4n) is 2.34. The number of nitrogens with one attached hydrogen (secondary N) is 1. The van der Waals surface area contributed by atoms with Gasteiger partial charge in [0, 0.05) is 24.0 Å². The summed E-state index contributed by atoms with van der Waals surface area (Å²) in [5.74, 6) is 1.80. The number of aromatic nitrogens is 1. The molecular weight excluding hydrogens is 280 g/mol. The average Bonchev–Trinajstić information content (AvgIpc) is 2.93. The highest BCUT2D eigenvalue weighted by Gasteiger charge is 2.22. The van der Waals surface area contributed by atoms with Gasteiger partial charge in [0.25, 0.3) is 5.91 Å². The molecule has 1 N–H and O–H groups in total. The lowest BCUT2D eigenvalue weighted by atomic mass is 9.91. The summed E-state index contributed by atoms with van der Waals surface area (Å²) < 4.78 is 10.8. The molecule has 0 aliphatic heterocycles. The second-order valence-electron chi connectivity index (χ2n) is 7.18. The van der Waals surface area contributed by atoms with Gasteiger partial charge in [-0.1, -0.05) is 39.8 Å². The van der Waals surface area contributed by atoms with Crippen LogP contribution in [0.2, 0.25) is 0 Å². The number of anilines is 1. The Morgan fingerprint density at radius 3 is 2.64 bits per heavy atom. The molecule has 0 fully saturated rings. The standard InChI is InChI=1S/C17H24N2O3/c1-10(2)15-14(11(3)9-21-15)16(20)18-13-7-12(22-19-13)8-17(4,5)6/h7,9-10H,8H2,1-6H3,(H,18,19,20). The van der Waals surface area contributed by atoms with E-state index in [1.807, 2.05) is 20.8 Å². The van der Waals surface area contributed by atoms with E-state index < -0.39 is 0 Å². The van der Waals surface area contributed by atoms with Gasteiger partial charge in [-0.25, -0.2) is 0 Å². The molecule has 2 aromatic rings. The van der Waals surface area contributed by atoms with E-state index in [9.17, 15) is 4.79 Å². The molecule has 0 aromatic carbocycles. The van der Waals surface area contributed by atoms with Crippen LogP contribution in [0.3, 0.4) is 0 Å². The van der Waals surface area contributed by atoms with Crippen LogP contribution >= 0.6 is 0 Å². The molecule has 120 valence electrons. The first-order valence-electron chi connectivity index (χ1n) is 7.52. The summed E-state index contributed by atoms with van der Waals surface area (Å²) in [6, 6.07) is 1.77. The van der Waals surface area contributed by atoms with Gasteiger partial charge in [-0.2, -0.15) is 0 Å². The molecule has 0 bridgehead atoms. The molecule has 2 rings (SSSR count). The number of hydrogen-bond acceptors (Lipinski definition) is 4. The minimum absolute atomic E-state index is 0.104. The number of nitrogens with zero attached hydrogens (tertiary/aromatic N) is 1. The third-order valence-corrected chi connectivity index (χ3v) is 3.26. The first-order valence-corrected chi connectivity index (χ1v) is 7.52. The van der Waals surface area contributed by atoms with Gasteiger partial charge in [-0.05, 0) is 12.3 Å². The third-order valence-electron chi connectivity index (χ3n) is 3.26. The maximum Gasteiger partial charge on any atom is 0.260 e. The first-order chi connectivity index (χ1) is 10.2. The Labute approximate surface area is 131 Å². The molecule has 22 heavy (non-hydrogen) atoms. The lowest BCUT2D eigenvalue weighted by Crippen LogP contribution is -2.15. The largest absolute Gasteiger partial charge is 0.468 e. The number of rotatable bonds is 4. The van der Waals surface area contributed by atoms with E-state index in [-0.39, 0.29) is 17.2 Å². The number of furan rings is 1. The van der Waals surface area contributed by atoms with Crippen molar-refractivity contribution < 1.29 is 13.7 Å². The Kier molecular flexibility index (Phi) is 4.44. The summed E-state index contributed by atoms with van der Waals surface area (Å²) in [7, 11) is 0. The van der Waals surface area contributed by atoms with Gasteiger partial charge in [0.05, 0.1) is 11.8 Å². The van der Waals surface area contributed by atoms with Crippen LogP contribution < -0.4 is 5.32 Å². The minimum atomic E-state index is -0.217. The average molecular weight is 304 g/mol. The topological polar surface area (TPSA) is 68.3 Å². The van der Waals surface area contributed by atoms with E-state index in [1.165, 1.54) is 0 Å². The molecule has 0 saturated carbocycles. The number of carbonyl (C=O) groups excluding carboxylic acids is 1. The van der Waals surface area contributed by atoms with Crippen LogP contribution in [0.5, 0.6) is 0 Å². The summed E-state index contributed by atoms with van der Waals surface area (Å²) in [5, 5.41) is 6.70. The number of hydrogen-bond donors (Lipinski definition) is 1. The van der Waals surface area contributed by atoms with Crippen molar-refractivity contribution in [3.63, 3.8) is 0 Å². The molecule has 0 radical (unpaired) electrons. The molecule has 1 amide bonds. The fraction of sp³-hybridized carbons (Fsp3) is 0.529. The van der Waals surface area contributed by atoms with Gasteiger partial charge in [0.2, 0.25) is 0 Å². The van der Waals surface area contributed by atoms with Crippen LogP contribution in [0.4, 0.5) is 5.82 Å².